The molecule has 0 aromatic rings. The molecule has 0 atom stereocenters. The van der Waals surface area contributed by atoms with Crippen LogP contribution in [-0.4, -0.2) is 37.1 Å². The maximum absolute atomic E-state index is 9.83. The Morgan fingerprint density at radius 3 is 1.45 bits per heavy atom. The van der Waals surface area contributed by atoms with Gasteiger partial charge in [-0.15, -0.1) is 0 Å². The Bertz CT molecular complexity index is 222. The summed E-state index contributed by atoms with van der Waals surface area (Å²) in [7, 11) is -1.39. The lowest BCUT2D eigenvalue weighted by molar-refractivity contribution is -0.214. The van der Waals surface area contributed by atoms with Crippen LogP contribution in [0.4, 0.5) is 0 Å². The van der Waals surface area contributed by atoms with E-state index in [-0.39, 0.29) is 0 Å². The average molecular weight is 290 g/mol. The number of hydrogen-bond donors (Lipinski definition) is 1. The minimum Gasteiger partial charge on any atom is -0.401 e. The van der Waals surface area contributed by atoms with Gasteiger partial charge in [0.15, 0.2) is 11.6 Å². The quantitative estimate of drug-likeness (QED) is 0.340. The monoisotopic (exact) mass is 290 g/mol. The molecule has 1 N–H and O–H groups in total. The topological polar surface area (TPSA) is 57.2 Å². The standard InChI is InChI=1S/C14H31BO5/c1-7-9-11-17-13(3,4)19-15(16)20-14(5,6)18-12-10-8-2/h16H,7-12H2,1-6H3. The van der Waals surface area contributed by atoms with Crippen molar-refractivity contribution in [2.45, 2.75) is 78.8 Å². The van der Waals surface area contributed by atoms with Crippen LogP contribution in [0.5, 0.6) is 0 Å². The highest BCUT2D eigenvalue weighted by Gasteiger charge is 2.34. The average Bonchev–Trinajstić information content (AvgIpc) is 2.27. The maximum atomic E-state index is 9.83. The highest BCUT2D eigenvalue weighted by molar-refractivity contribution is 6.34. The minimum absolute atomic E-state index is 0.590. The van der Waals surface area contributed by atoms with Crippen LogP contribution in [0.25, 0.3) is 0 Å². The Hall–Kier alpha value is -0.135. The van der Waals surface area contributed by atoms with E-state index in [9.17, 15) is 5.02 Å². The molecule has 120 valence electrons. The third-order valence-corrected chi connectivity index (χ3v) is 2.66. The van der Waals surface area contributed by atoms with Gasteiger partial charge in [0, 0.05) is 13.2 Å². The van der Waals surface area contributed by atoms with Gasteiger partial charge in [0.1, 0.15) is 0 Å². The fourth-order valence-corrected chi connectivity index (χ4v) is 1.50. The Labute approximate surface area is 124 Å². The zero-order valence-electron chi connectivity index (χ0n) is 13.9. The summed E-state index contributed by atoms with van der Waals surface area (Å²) < 4.78 is 21.8. The first-order valence-corrected chi connectivity index (χ1v) is 7.54. The van der Waals surface area contributed by atoms with E-state index in [4.69, 9.17) is 18.8 Å². The van der Waals surface area contributed by atoms with Crippen molar-refractivity contribution in [2.24, 2.45) is 0 Å². The first kappa shape index (κ1) is 19.9. The zero-order chi connectivity index (χ0) is 15.6. The molecule has 0 unspecified atom stereocenters. The highest BCUT2D eigenvalue weighted by Crippen LogP contribution is 2.18. The van der Waals surface area contributed by atoms with Gasteiger partial charge in [-0.25, -0.2) is 0 Å². The molecule has 0 amide bonds. The SMILES string of the molecule is CCCCOC(C)(C)OB(O)OC(C)(C)OCCCC. The van der Waals surface area contributed by atoms with Gasteiger partial charge in [-0.05, 0) is 40.5 Å². The van der Waals surface area contributed by atoms with Gasteiger partial charge in [0.2, 0.25) is 0 Å². The Morgan fingerprint density at radius 1 is 0.800 bits per heavy atom. The molecule has 0 rings (SSSR count). The first-order valence-electron chi connectivity index (χ1n) is 7.54. The predicted octanol–water partition coefficient (Wildman–Crippen LogP) is 3.10. The number of rotatable bonds is 12. The number of hydrogen-bond acceptors (Lipinski definition) is 5. The molecule has 0 saturated heterocycles. The van der Waals surface area contributed by atoms with Crippen LogP contribution in [0.1, 0.15) is 67.2 Å². The van der Waals surface area contributed by atoms with Crippen LogP contribution < -0.4 is 0 Å². The lowest BCUT2D eigenvalue weighted by Crippen LogP contribution is -2.43. The van der Waals surface area contributed by atoms with Crippen molar-refractivity contribution in [3.05, 3.63) is 0 Å². The second-order valence-electron chi connectivity index (χ2n) is 5.75. The molecule has 0 saturated carbocycles. The van der Waals surface area contributed by atoms with E-state index in [1.54, 1.807) is 27.7 Å². The van der Waals surface area contributed by atoms with Crippen molar-refractivity contribution < 1.29 is 23.8 Å². The Kier molecular flexibility index (Phi) is 9.67. The smallest absolute Gasteiger partial charge is 0.401 e. The van der Waals surface area contributed by atoms with Gasteiger partial charge in [-0.2, -0.15) is 0 Å². The van der Waals surface area contributed by atoms with E-state index in [0.717, 1.165) is 25.7 Å². The van der Waals surface area contributed by atoms with Gasteiger partial charge in [-0.3, -0.25) is 0 Å². The summed E-state index contributed by atoms with van der Waals surface area (Å²) in [4.78, 5) is 0. The second kappa shape index (κ2) is 9.74. The maximum Gasteiger partial charge on any atom is 0.640 e. The summed E-state index contributed by atoms with van der Waals surface area (Å²) in [5, 5.41) is 9.83. The van der Waals surface area contributed by atoms with E-state index in [2.05, 4.69) is 13.8 Å². The minimum atomic E-state index is -1.39. The number of unbranched alkanes of at least 4 members (excludes halogenated alkanes) is 2. The van der Waals surface area contributed by atoms with Gasteiger partial charge >= 0.3 is 7.32 Å². The van der Waals surface area contributed by atoms with E-state index >= 15 is 0 Å². The van der Waals surface area contributed by atoms with E-state index in [1.807, 2.05) is 0 Å². The summed E-state index contributed by atoms with van der Waals surface area (Å²) in [5.74, 6) is -1.79. The van der Waals surface area contributed by atoms with Crippen molar-refractivity contribution in [3.8, 4) is 0 Å². The normalized spacial score (nSPS) is 12.8. The highest BCUT2D eigenvalue weighted by atomic mass is 16.8. The zero-order valence-corrected chi connectivity index (χ0v) is 13.9. The second-order valence-corrected chi connectivity index (χ2v) is 5.75. The number of ether oxygens (including phenoxy) is 2. The van der Waals surface area contributed by atoms with Gasteiger partial charge in [0.25, 0.3) is 0 Å². The summed E-state index contributed by atoms with van der Waals surface area (Å²) in [6.07, 6.45) is 4.01. The first-order chi connectivity index (χ1) is 9.22. The molecule has 0 fully saturated rings. The van der Waals surface area contributed by atoms with Crippen molar-refractivity contribution >= 4 is 7.32 Å². The van der Waals surface area contributed by atoms with Crippen LogP contribution in [0.2, 0.25) is 0 Å². The molecule has 0 aromatic heterocycles. The van der Waals surface area contributed by atoms with Crippen molar-refractivity contribution in [2.75, 3.05) is 13.2 Å². The lowest BCUT2D eigenvalue weighted by atomic mass is 10.2. The van der Waals surface area contributed by atoms with Crippen LogP contribution >= 0.6 is 0 Å². The van der Waals surface area contributed by atoms with Crippen LogP contribution in [-0.2, 0) is 18.8 Å². The molecule has 0 bridgehead atoms. The van der Waals surface area contributed by atoms with E-state index < -0.39 is 18.9 Å². The van der Waals surface area contributed by atoms with Gasteiger partial charge in [0.05, 0.1) is 0 Å². The van der Waals surface area contributed by atoms with Gasteiger partial charge in [-0.1, -0.05) is 26.7 Å². The summed E-state index contributed by atoms with van der Waals surface area (Å²) in [5.41, 5.74) is 0. The summed E-state index contributed by atoms with van der Waals surface area (Å²) in [6, 6.07) is 0. The molecule has 6 heteroatoms. The molecular weight excluding hydrogens is 259 g/mol. The molecule has 0 aliphatic rings. The molecule has 0 heterocycles. The molecule has 0 aliphatic heterocycles. The molecular formula is C14H31BO5. The summed E-state index contributed by atoms with van der Waals surface area (Å²) >= 11 is 0. The lowest BCUT2D eigenvalue weighted by Gasteiger charge is -2.31. The van der Waals surface area contributed by atoms with Crippen molar-refractivity contribution in [1.29, 1.82) is 0 Å². The van der Waals surface area contributed by atoms with Gasteiger partial charge < -0.3 is 23.8 Å². The van der Waals surface area contributed by atoms with E-state index in [0.29, 0.717) is 13.2 Å². The van der Waals surface area contributed by atoms with Crippen LogP contribution in [0, 0.1) is 0 Å². The van der Waals surface area contributed by atoms with Crippen LogP contribution in [0.3, 0.4) is 0 Å². The molecule has 0 aromatic carbocycles. The molecule has 0 aliphatic carbocycles. The third kappa shape index (κ3) is 10.6. The largest absolute Gasteiger partial charge is 0.640 e. The third-order valence-electron chi connectivity index (χ3n) is 2.66. The fraction of sp³-hybridized carbons (Fsp3) is 1.00. The van der Waals surface area contributed by atoms with Crippen LogP contribution in [0.15, 0.2) is 0 Å². The molecule has 0 spiro atoms. The Balaban J connectivity index is 4.08. The predicted molar refractivity (Wildman–Crippen MR) is 80.0 cm³/mol. The molecule has 20 heavy (non-hydrogen) atoms. The van der Waals surface area contributed by atoms with Crippen molar-refractivity contribution in [1.82, 2.24) is 0 Å². The fourth-order valence-electron chi connectivity index (χ4n) is 1.50. The summed E-state index contributed by atoms with van der Waals surface area (Å²) in [6.45, 7) is 12.4. The van der Waals surface area contributed by atoms with E-state index in [1.165, 1.54) is 0 Å². The molecule has 0 radical (unpaired) electrons. The molecule has 5 nitrogen and oxygen atoms in total. The Morgan fingerprint density at radius 2 is 1.15 bits per heavy atom. The van der Waals surface area contributed by atoms with Crippen molar-refractivity contribution in [3.63, 3.8) is 0 Å².